The Hall–Kier alpha value is -2.57. The highest BCUT2D eigenvalue weighted by Gasteiger charge is 2.13. The zero-order chi connectivity index (χ0) is 18.1. The van der Waals surface area contributed by atoms with Crippen molar-refractivity contribution in [3.05, 3.63) is 65.2 Å². The molecular formula is C19H15ClN4OS. The van der Waals surface area contributed by atoms with Gasteiger partial charge in [0.2, 0.25) is 5.91 Å². The second-order valence-electron chi connectivity index (χ2n) is 5.87. The highest BCUT2D eigenvalue weighted by Crippen LogP contribution is 2.25. The molecule has 0 atom stereocenters. The summed E-state index contributed by atoms with van der Waals surface area (Å²) in [5.41, 5.74) is 3.63. The van der Waals surface area contributed by atoms with E-state index in [1.165, 1.54) is 11.8 Å². The van der Waals surface area contributed by atoms with Gasteiger partial charge in [0.1, 0.15) is 0 Å². The Bertz CT molecular complexity index is 1130. The van der Waals surface area contributed by atoms with Gasteiger partial charge in [-0.05, 0) is 42.8 Å². The molecule has 4 aromatic rings. The van der Waals surface area contributed by atoms with Gasteiger partial charge in [0, 0.05) is 16.1 Å². The Balaban J connectivity index is 1.58. The van der Waals surface area contributed by atoms with Gasteiger partial charge in [-0.1, -0.05) is 47.6 Å². The molecule has 7 heteroatoms. The van der Waals surface area contributed by atoms with Gasteiger partial charge in [0.05, 0.1) is 11.3 Å². The fourth-order valence-corrected chi connectivity index (χ4v) is 3.80. The zero-order valence-corrected chi connectivity index (χ0v) is 15.5. The van der Waals surface area contributed by atoms with E-state index in [9.17, 15) is 4.79 Å². The third-order valence-corrected chi connectivity index (χ3v) is 5.18. The molecule has 0 unspecified atom stereocenters. The standard InChI is InChI=1S/C19H15ClN4OS/c1-12-9-17-22-23-19(24(17)16-8-3-2-7-15(12)16)26-11-18(25)21-14-6-4-5-13(20)10-14/h2-10H,11H2,1H3,(H,21,25). The van der Waals surface area contributed by atoms with Gasteiger partial charge >= 0.3 is 0 Å². The van der Waals surface area contributed by atoms with Crippen LogP contribution in [0.25, 0.3) is 16.6 Å². The fraction of sp³-hybridized carbons (Fsp3) is 0.105. The monoisotopic (exact) mass is 382 g/mol. The van der Waals surface area contributed by atoms with Gasteiger partial charge in [-0.2, -0.15) is 0 Å². The van der Waals surface area contributed by atoms with Crippen molar-refractivity contribution in [2.75, 3.05) is 11.1 Å². The Kier molecular flexibility index (Phi) is 4.53. The SMILES string of the molecule is Cc1cc2nnc(SCC(=O)Nc3cccc(Cl)c3)n2c2ccccc12. The number of anilines is 1. The van der Waals surface area contributed by atoms with Crippen molar-refractivity contribution in [3.8, 4) is 0 Å². The van der Waals surface area contributed by atoms with Gasteiger partial charge in [0.15, 0.2) is 10.8 Å². The summed E-state index contributed by atoms with van der Waals surface area (Å²) in [5.74, 6) is 0.112. The molecule has 4 rings (SSSR count). The topological polar surface area (TPSA) is 59.3 Å². The van der Waals surface area contributed by atoms with Crippen LogP contribution in [0.2, 0.25) is 5.02 Å². The van der Waals surface area contributed by atoms with Crippen LogP contribution in [0.15, 0.2) is 59.8 Å². The molecule has 0 saturated heterocycles. The number of hydrogen-bond donors (Lipinski definition) is 1. The van der Waals surface area contributed by atoms with Crippen LogP contribution in [-0.4, -0.2) is 26.3 Å². The molecular weight excluding hydrogens is 368 g/mol. The summed E-state index contributed by atoms with van der Waals surface area (Å²) < 4.78 is 1.99. The Morgan fingerprint density at radius 3 is 2.85 bits per heavy atom. The van der Waals surface area contributed by atoms with Crippen molar-refractivity contribution in [1.82, 2.24) is 14.6 Å². The van der Waals surface area contributed by atoms with Crippen LogP contribution in [0.1, 0.15) is 5.56 Å². The first-order chi connectivity index (χ1) is 12.6. The van der Waals surface area contributed by atoms with E-state index in [0.717, 1.165) is 22.1 Å². The van der Waals surface area contributed by atoms with Gasteiger partial charge in [-0.25, -0.2) is 0 Å². The maximum Gasteiger partial charge on any atom is 0.234 e. The minimum atomic E-state index is -0.120. The number of fused-ring (bicyclic) bond motifs is 3. The lowest BCUT2D eigenvalue weighted by Crippen LogP contribution is -2.14. The molecule has 0 saturated carbocycles. The van der Waals surface area contributed by atoms with Gasteiger partial charge < -0.3 is 5.32 Å². The van der Waals surface area contributed by atoms with Crippen LogP contribution >= 0.6 is 23.4 Å². The van der Waals surface area contributed by atoms with Crippen LogP contribution in [0, 0.1) is 6.92 Å². The summed E-state index contributed by atoms with van der Waals surface area (Å²) in [4.78, 5) is 12.2. The molecule has 1 N–H and O–H groups in total. The highest BCUT2D eigenvalue weighted by atomic mass is 35.5. The number of carbonyl (C=O) groups excluding carboxylic acids is 1. The van der Waals surface area contributed by atoms with Gasteiger partial charge in [-0.15, -0.1) is 10.2 Å². The van der Waals surface area contributed by atoms with Crippen molar-refractivity contribution >= 4 is 51.5 Å². The largest absolute Gasteiger partial charge is 0.325 e. The van der Waals surface area contributed by atoms with E-state index >= 15 is 0 Å². The summed E-state index contributed by atoms with van der Waals surface area (Å²) in [7, 11) is 0. The number of aryl methyl sites for hydroxylation is 1. The lowest BCUT2D eigenvalue weighted by molar-refractivity contribution is -0.113. The molecule has 130 valence electrons. The molecule has 0 aliphatic heterocycles. The summed E-state index contributed by atoms with van der Waals surface area (Å²) in [5, 5.41) is 13.8. The maximum atomic E-state index is 12.2. The highest BCUT2D eigenvalue weighted by molar-refractivity contribution is 7.99. The lowest BCUT2D eigenvalue weighted by Gasteiger charge is -2.08. The van der Waals surface area contributed by atoms with E-state index in [1.54, 1.807) is 24.3 Å². The number of nitrogens with zero attached hydrogens (tertiary/aromatic N) is 3. The number of benzene rings is 2. The summed E-state index contributed by atoms with van der Waals surface area (Å²) in [6, 6.07) is 17.2. The number of aromatic nitrogens is 3. The summed E-state index contributed by atoms with van der Waals surface area (Å²) >= 11 is 7.30. The minimum absolute atomic E-state index is 0.120. The second-order valence-corrected chi connectivity index (χ2v) is 7.25. The molecule has 2 aromatic carbocycles. The first-order valence-electron chi connectivity index (χ1n) is 8.03. The zero-order valence-electron chi connectivity index (χ0n) is 13.9. The van der Waals surface area contributed by atoms with Crippen molar-refractivity contribution in [3.63, 3.8) is 0 Å². The normalized spacial score (nSPS) is 11.2. The number of nitrogens with one attached hydrogen (secondary N) is 1. The molecule has 0 aliphatic rings. The molecule has 1 amide bonds. The van der Waals surface area contributed by atoms with Gasteiger partial charge in [-0.3, -0.25) is 9.20 Å². The van der Waals surface area contributed by atoms with Crippen molar-refractivity contribution < 1.29 is 4.79 Å². The molecule has 0 radical (unpaired) electrons. The van der Waals surface area contributed by atoms with E-state index < -0.39 is 0 Å². The van der Waals surface area contributed by atoms with E-state index in [1.807, 2.05) is 28.7 Å². The third kappa shape index (κ3) is 3.25. The Morgan fingerprint density at radius 1 is 1.15 bits per heavy atom. The van der Waals surface area contributed by atoms with Crippen LogP contribution in [0.5, 0.6) is 0 Å². The van der Waals surface area contributed by atoms with Crippen LogP contribution in [0.4, 0.5) is 5.69 Å². The fourth-order valence-electron chi connectivity index (χ4n) is 2.86. The number of amides is 1. The predicted molar refractivity (Wildman–Crippen MR) is 106 cm³/mol. The minimum Gasteiger partial charge on any atom is -0.325 e. The summed E-state index contributed by atoms with van der Waals surface area (Å²) in [6.45, 7) is 2.06. The molecule has 0 spiro atoms. The van der Waals surface area contributed by atoms with E-state index in [0.29, 0.717) is 15.9 Å². The van der Waals surface area contributed by atoms with E-state index in [4.69, 9.17) is 11.6 Å². The van der Waals surface area contributed by atoms with E-state index in [2.05, 4.69) is 28.5 Å². The number of pyridine rings is 1. The molecule has 0 bridgehead atoms. The van der Waals surface area contributed by atoms with Gasteiger partial charge in [0.25, 0.3) is 0 Å². The molecule has 5 nitrogen and oxygen atoms in total. The summed E-state index contributed by atoms with van der Waals surface area (Å²) in [6.07, 6.45) is 0. The molecule has 2 aromatic heterocycles. The quantitative estimate of drug-likeness (QED) is 0.525. The van der Waals surface area contributed by atoms with Crippen LogP contribution in [0.3, 0.4) is 0 Å². The lowest BCUT2D eigenvalue weighted by atomic mass is 10.1. The van der Waals surface area contributed by atoms with Crippen LogP contribution < -0.4 is 5.32 Å². The second kappa shape index (κ2) is 6.97. The first-order valence-corrected chi connectivity index (χ1v) is 9.40. The number of carbonyl (C=O) groups is 1. The average molecular weight is 383 g/mol. The molecule has 0 aliphatic carbocycles. The number of halogens is 1. The van der Waals surface area contributed by atoms with Crippen molar-refractivity contribution in [1.29, 1.82) is 0 Å². The smallest absolute Gasteiger partial charge is 0.234 e. The Morgan fingerprint density at radius 2 is 2.00 bits per heavy atom. The van der Waals surface area contributed by atoms with E-state index in [-0.39, 0.29) is 11.7 Å². The molecule has 26 heavy (non-hydrogen) atoms. The number of hydrogen-bond acceptors (Lipinski definition) is 4. The molecule has 0 fully saturated rings. The number of rotatable bonds is 4. The number of thioether (sulfide) groups is 1. The average Bonchev–Trinajstić information content (AvgIpc) is 3.03. The van der Waals surface area contributed by atoms with Crippen molar-refractivity contribution in [2.24, 2.45) is 0 Å². The third-order valence-electron chi connectivity index (χ3n) is 4.01. The molecule has 2 heterocycles. The Labute approximate surface area is 159 Å². The van der Waals surface area contributed by atoms with Crippen LogP contribution in [-0.2, 0) is 4.79 Å². The number of para-hydroxylation sites is 1. The maximum absolute atomic E-state index is 12.2. The first kappa shape index (κ1) is 16.9. The van der Waals surface area contributed by atoms with Crippen molar-refractivity contribution in [2.45, 2.75) is 12.1 Å². The predicted octanol–water partition coefficient (Wildman–Crippen LogP) is 4.58.